The number of hydrogen-bond acceptors (Lipinski definition) is 5. The molecule has 0 radical (unpaired) electrons. The fourth-order valence-corrected chi connectivity index (χ4v) is 2.59. The fraction of sp³-hybridized carbons (Fsp3) is 0.778. The van der Waals surface area contributed by atoms with E-state index >= 15 is 0 Å². The van der Waals surface area contributed by atoms with Gasteiger partial charge < -0.3 is 10.4 Å². The van der Waals surface area contributed by atoms with Crippen molar-refractivity contribution >= 4 is 11.8 Å². The summed E-state index contributed by atoms with van der Waals surface area (Å²) >= 11 is 1.88. The Balaban J connectivity index is 1.93. The zero-order valence-electron chi connectivity index (χ0n) is 8.59. The van der Waals surface area contributed by atoms with Crippen LogP contribution < -0.4 is 5.32 Å². The third-order valence-corrected chi connectivity index (χ3v) is 3.57. The quantitative estimate of drug-likeness (QED) is 0.780. The first kappa shape index (κ1) is 10.9. The molecule has 0 bridgehead atoms. The van der Waals surface area contributed by atoms with Gasteiger partial charge in [-0.15, -0.1) is 16.9 Å². The number of hydrogen-bond donors (Lipinski definition) is 2. The van der Waals surface area contributed by atoms with E-state index in [1.807, 2.05) is 18.0 Å². The van der Waals surface area contributed by atoms with Crippen molar-refractivity contribution in [3.63, 3.8) is 0 Å². The Bertz CT molecular complexity index is 298. The maximum absolute atomic E-state index is 8.71. The van der Waals surface area contributed by atoms with E-state index in [2.05, 4.69) is 15.6 Å². The summed E-state index contributed by atoms with van der Waals surface area (Å²) in [6.07, 6.45) is 3.92. The second-order valence-electron chi connectivity index (χ2n) is 3.54. The lowest BCUT2D eigenvalue weighted by molar-refractivity contribution is 0.276. The van der Waals surface area contributed by atoms with Gasteiger partial charge >= 0.3 is 0 Å². The van der Waals surface area contributed by atoms with E-state index in [0.29, 0.717) is 5.37 Å². The Kier molecular flexibility index (Phi) is 3.99. The highest BCUT2D eigenvalue weighted by Crippen LogP contribution is 2.27. The molecule has 1 fully saturated rings. The van der Waals surface area contributed by atoms with Crippen molar-refractivity contribution in [3.05, 3.63) is 11.9 Å². The molecule has 0 aromatic carbocycles. The van der Waals surface area contributed by atoms with Gasteiger partial charge in [0.15, 0.2) is 0 Å². The van der Waals surface area contributed by atoms with Gasteiger partial charge in [-0.3, -0.25) is 4.68 Å². The van der Waals surface area contributed by atoms with Gasteiger partial charge in [0.1, 0.15) is 5.69 Å². The van der Waals surface area contributed by atoms with Crippen molar-refractivity contribution in [2.45, 2.75) is 24.8 Å². The van der Waals surface area contributed by atoms with Gasteiger partial charge in [0.05, 0.1) is 11.6 Å². The van der Waals surface area contributed by atoms with Crippen molar-refractivity contribution in [3.8, 4) is 0 Å². The standard InChI is InChI=1S/C9H16N4OS/c14-5-2-4-13-7-8(11-12-13)9-10-3-1-6-15-9/h7,9-10,14H,1-6H2. The molecule has 1 atom stereocenters. The summed E-state index contributed by atoms with van der Waals surface area (Å²) in [6, 6.07) is 0. The van der Waals surface area contributed by atoms with Crippen molar-refractivity contribution in [2.24, 2.45) is 0 Å². The van der Waals surface area contributed by atoms with Crippen molar-refractivity contribution in [2.75, 3.05) is 18.9 Å². The summed E-state index contributed by atoms with van der Waals surface area (Å²) in [5.74, 6) is 1.18. The average Bonchev–Trinajstić information content (AvgIpc) is 2.76. The number of aliphatic hydroxyl groups is 1. The minimum atomic E-state index is 0.200. The molecular weight excluding hydrogens is 212 g/mol. The number of aromatic nitrogens is 3. The predicted octanol–water partition coefficient (Wildman–Crippen LogP) is 0.386. The predicted molar refractivity (Wildman–Crippen MR) is 59.5 cm³/mol. The van der Waals surface area contributed by atoms with Gasteiger partial charge in [0, 0.05) is 13.2 Å². The van der Waals surface area contributed by atoms with Crippen molar-refractivity contribution in [1.29, 1.82) is 0 Å². The van der Waals surface area contributed by atoms with E-state index in [1.165, 1.54) is 12.2 Å². The third kappa shape index (κ3) is 2.93. The number of rotatable bonds is 4. The van der Waals surface area contributed by atoms with Crippen LogP contribution in [0, 0.1) is 0 Å². The highest BCUT2D eigenvalue weighted by Gasteiger charge is 2.18. The second-order valence-corrected chi connectivity index (χ2v) is 4.76. The molecule has 0 aliphatic carbocycles. The number of thioether (sulfide) groups is 1. The summed E-state index contributed by atoms with van der Waals surface area (Å²) in [7, 11) is 0. The van der Waals surface area contributed by atoms with E-state index < -0.39 is 0 Å². The Labute approximate surface area is 93.2 Å². The van der Waals surface area contributed by atoms with Crippen LogP contribution in [0.1, 0.15) is 23.9 Å². The summed E-state index contributed by atoms with van der Waals surface area (Å²) < 4.78 is 1.79. The Morgan fingerprint density at radius 3 is 3.33 bits per heavy atom. The minimum absolute atomic E-state index is 0.200. The molecule has 6 heteroatoms. The molecule has 0 spiro atoms. The molecule has 1 saturated heterocycles. The van der Waals surface area contributed by atoms with Gasteiger partial charge in [0.2, 0.25) is 0 Å². The van der Waals surface area contributed by atoms with Crippen molar-refractivity contribution in [1.82, 2.24) is 20.3 Å². The Hall–Kier alpha value is -0.590. The van der Waals surface area contributed by atoms with Gasteiger partial charge in [-0.2, -0.15) is 0 Å². The smallest absolute Gasteiger partial charge is 0.110 e. The first-order chi connectivity index (χ1) is 7.40. The number of nitrogens with one attached hydrogen (secondary N) is 1. The van der Waals surface area contributed by atoms with Crippen LogP contribution in [0.25, 0.3) is 0 Å². The molecule has 15 heavy (non-hydrogen) atoms. The zero-order valence-corrected chi connectivity index (χ0v) is 9.41. The lowest BCUT2D eigenvalue weighted by Crippen LogP contribution is -2.25. The van der Waals surface area contributed by atoms with Crippen LogP contribution in [-0.2, 0) is 6.54 Å². The van der Waals surface area contributed by atoms with Crippen molar-refractivity contribution < 1.29 is 5.11 Å². The normalized spacial score (nSPS) is 21.8. The molecule has 1 aromatic heterocycles. The van der Waals surface area contributed by atoms with Crippen LogP contribution in [0.15, 0.2) is 6.20 Å². The first-order valence-electron chi connectivity index (χ1n) is 5.26. The van der Waals surface area contributed by atoms with Gasteiger partial charge in [0.25, 0.3) is 0 Å². The molecule has 84 valence electrons. The lowest BCUT2D eigenvalue weighted by atomic mass is 10.4. The highest BCUT2D eigenvalue weighted by atomic mass is 32.2. The van der Waals surface area contributed by atoms with Crippen LogP contribution in [0.4, 0.5) is 0 Å². The van der Waals surface area contributed by atoms with Gasteiger partial charge in [-0.05, 0) is 25.1 Å². The third-order valence-electron chi connectivity index (χ3n) is 2.31. The van der Waals surface area contributed by atoms with Crippen LogP contribution in [0.2, 0.25) is 0 Å². The molecule has 1 aliphatic heterocycles. The molecule has 0 saturated carbocycles. The molecule has 1 aliphatic rings. The molecule has 2 rings (SSSR count). The molecule has 2 N–H and O–H groups in total. The molecule has 1 unspecified atom stereocenters. The van der Waals surface area contributed by atoms with Crippen LogP contribution in [-0.4, -0.2) is 39.0 Å². The highest BCUT2D eigenvalue weighted by molar-refractivity contribution is 7.99. The molecular formula is C9H16N4OS. The molecule has 5 nitrogen and oxygen atoms in total. The van der Waals surface area contributed by atoms with E-state index in [0.717, 1.165) is 25.2 Å². The van der Waals surface area contributed by atoms with E-state index in [-0.39, 0.29) is 6.61 Å². The largest absolute Gasteiger partial charge is 0.396 e. The van der Waals surface area contributed by atoms with E-state index in [4.69, 9.17) is 5.11 Å². The number of nitrogens with zero attached hydrogens (tertiary/aromatic N) is 3. The summed E-state index contributed by atoms with van der Waals surface area (Å²) in [5.41, 5.74) is 0.998. The molecule has 0 amide bonds. The van der Waals surface area contributed by atoms with Gasteiger partial charge in [-0.1, -0.05) is 5.21 Å². The molecule has 1 aromatic rings. The van der Waals surface area contributed by atoms with Gasteiger partial charge in [-0.25, -0.2) is 0 Å². The summed E-state index contributed by atoms with van der Waals surface area (Å²) in [6.45, 7) is 1.99. The zero-order chi connectivity index (χ0) is 10.5. The Morgan fingerprint density at radius 1 is 1.67 bits per heavy atom. The monoisotopic (exact) mass is 228 g/mol. The SMILES string of the molecule is OCCCn1cc(C2NCCCS2)nn1. The maximum Gasteiger partial charge on any atom is 0.110 e. The lowest BCUT2D eigenvalue weighted by Gasteiger charge is -2.20. The number of aryl methyl sites for hydroxylation is 1. The first-order valence-corrected chi connectivity index (χ1v) is 6.31. The summed E-state index contributed by atoms with van der Waals surface area (Å²) in [5, 5.41) is 20.6. The van der Waals surface area contributed by atoms with Crippen LogP contribution in [0.3, 0.4) is 0 Å². The number of aliphatic hydroxyl groups excluding tert-OH is 1. The minimum Gasteiger partial charge on any atom is -0.396 e. The molecule has 2 heterocycles. The topological polar surface area (TPSA) is 63.0 Å². The summed E-state index contributed by atoms with van der Waals surface area (Å²) in [4.78, 5) is 0. The van der Waals surface area contributed by atoms with Crippen LogP contribution >= 0.6 is 11.8 Å². The fourth-order valence-electron chi connectivity index (χ4n) is 1.53. The van der Waals surface area contributed by atoms with E-state index in [9.17, 15) is 0 Å². The average molecular weight is 228 g/mol. The van der Waals surface area contributed by atoms with Crippen LogP contribution in [0.5, 0.6) is 0 Å². The van der Waals surface area contributed by atoms with E-state index in [1.54, 1.807) is 4.68 Å². The maximum atomic E-state index is 8.71. The second kappa shape index (κ2) is 5.48. The Morgan fingerprint density at radius 2 is 2.60 bits per heavy atom.